The van der Waals surface area contributed by atoms with Gasteiger partial charge in [-0.3, -0.25) is 5.10 Å². The van der Waals surface area contributed by atoms with Crippen LogP contribution in [0, 0.1) is 20.8 Å². The Kier molecular flexibility index (Phi) is 4.40. The second kappa shape index (κ2) is 6.22. The van der Waals surface area contributed by atoms with Crippen LogP contribution in [0.2, 0.25) is 0 Å². The summed E-state index contributed by atoms with van der Waals surface area (Å²) in [6.45, 7) is 9.23. The Hall–Kier alpha value is -1.86. The van der Waals surface area contributed by atoms with Crippen LogP contribution in [0.15, 0.2) is 29.2 Å². The highest BCUT2D eigenvalue weighted by Gasteiger charge is 2.35. The molecule has 6 nitrogen and oxygen atoms in total. The van der Waals surface area contributed by atoms with Crippen molar-refractivity contribution in [1.82, 2.24) is 14.5 Å². The van der Waals surface area contributed by atoms with Gasteiger partial charge in [-0.15, -0.1) is 0 Å². The van der Waals surface area contributed by atoms with Crippen LogP contribution in [0.25, 0.3) is 0 Å². The quantitative estimate of drug-likeness (QED) is 0.923. The number of rotatable bonds is 3. The van der Waals surface area contributed by atoms with Crippen molar-refractivity contribution in [3.05, 3.63) is 41.2 Å². The molecule has 0 saturated carbocycles. The number of sulfonamides is 1. The first-order valence-electron chi connectivity index (χ1n) is 8.15. The highest BCUT2D eigenvalue weighted by molar-refractivity contribution is 7.89. The zero-order chi connectivity index (χ0) is 17.5. The zero-order valence-corrected chi connectivity index (χ0v) is 15.4. The third-order valence-electron chi connectivity index (χ3n) is 4.61. The predicted molar refractivity (Wildman–Crippen MR) is 94.8 cm³/mol. The molecule has 1 saturated heterocycles. The Bertz CT molecular complexity index is 807. The number of hydrogen-bond acceptors (Lipinski definition) is 4. The normalized spacial score (nSPS) is 19.7. The van der Waals surface area contributed by atoms with E-state index in [1.807, 2.05) is 0 Å². The number of aromatic nitrogens is 2. The van der Waals surface area contributed by atoms with Gasteiger partial charge < -0.3 is 4.90 Å². The van der Waals surface area contributed by atoms with Crippen molar-refractivity contribution in [2.45, 2.75) is 38.6 Å². The summed E-state index contributed by atoms with van der Waals surface area (Å²) >= 11 is 0. The lowest BCUT2D eigenvalue weighted by Crippen LogP contribution is -2.53. The molecule has 2 aromatic rings. The van der Waals surface area contributed by atoms with E-state index in [-0.39, 0.29) is 6.04 Å². The molecule has 130 valence electrons. The molecule has 0 amide bonds. The average Bonchev–Trinajstić information content (AvgIpc) is 2.88. The Balaban J connectivity index is 1.81. The largest absolute Gasteiger partial charge is 0.366 e. The molecule has 0 spiro atoms. The van der Waals surface area contributed by atoms with Crippen LogP contribution in [0.3, 0.4) is 0 Å². The molecule has 1 unspecified atom stereocenters. The SMILES string of the molecule is Cc1ccc(N2CCN(S(=O)(=O)c3c(C)n[nH]c3C)CC2C)cc1. The van der Waals surface area contributed by atoms with E-state index in [0.29, 0.717) is 35.9 Å². The van der Waals surface area contributed by atoms with Gasteiger partial charge in [0, 0.05) is 31.4 Å². The summed E-state index contributed by atoms with van der Waals surface area (Å²) in [5.41, 5.74) is 3.49. The van der Waals surface area contributed by atoms with E-state index in [1.165, 1.54) is 5.56 Å². The number of H-pyrrole nitrogens is 1. The van der Waals surface area contributed by atoms with E-state index in [2.05, 4.69) is 53.2 Å². The molecule has 3 rings (SSSR count). The topological polar surface area (TPSA) is 69.3 Å². The smallest absolute Gasteiger partial charge is 0.246 e. The van der Waals surface area contributed by atoms with Gasteiger partial charge >= 0.3 is 0 Å². The second-order valence-electron chi connectivity index (χ2n) is 6.50. The Labute approximate surface area is 143 Å². The van der Waals surface area contributed by atoms with Crippen LogP contribution in [-0.4, -0.2) is 48.6 Å². The van der Waals surface area contributed by atoms with Gasteiger partial charge in [-0.2, -0.15) is 9.40 Å². The summed E-state index contributed by atoms with van der Waals surface area (Å²) in [6, 6.07) is 8.48. The molecule has 2 heterocycles. The highest BCUT2D eigenvalue weighted by Crippen LogP contribution is 2.26. The summed E-state index contributed by atoms with van der Waals surface area (Å²) in [6.07, 6.45) is 0. The molecule has 1 aliphatic heterocycles. The summed E-state index contributed by atoms with van der Waals surface area (Å²) in [7, 11) is -3.51. The van der Waals surface area contributed by atoms with Gasteiger partial charge in [-0.1, -0.05) is 17.7 Å². The van der Waals surface area contributed by atoms with Crippen LogP contribution in [0.4, 0.5) is 5.69 Å². The molecule has 0 aliphatic carbocycles. The molecule has 0 bridgehead atoms. The van der Waals surface area contributed by atoms with Crippen molar-refractivity contribution >= 4 is 15.7 Å². The molecular weight excluding hydrogens is 324 g/mol. The van der Waals surface area contributed by atoms with Crippen molar-refractivity contribution in [3.8, 4) is 0 Å². The molecule has 1 aromatic carbocycles. The summed E-state index contributed by atoms with van der Waals surface area (Å²) in [4.78, 5) is 2.58. The summed E-state index contributed by atoms with van der Waals surface area (Å²) in [5.74, 6) is 0. The lowest BCUT2D eigenvalue weighted by Gasteiger charge is -2.40. The van der Waals surface area contributed by atoms with E-state index < -0.39 is 10.0 Å². The first-order chi connectivity index (χ1) is 11.3. The number of aryl methyl sites for hydroxylation is 3. The van der Waals surface area contributed by atoms with E-state index in [1.54, 1.807) is 18.2 Å². The molecule has 0 radical (unpaired) electrons. The molecule has 1 aliphatic rings. The van der Waals surface area contributed by atoms with E-state index in [0.717, 1.165) is 5.69 Å². The molecule has 7 heteroatoms. The molecular formula is C17H24N4O2S. The van der Waals surface area contributed by atoms with Crippen molar-refractivity contribution in [2.75, 3.05) is 24.5 Å². The Morgan fingerprint density at radius 2 is 1.79 bits per heavy atom. The van der Waals surface area contributed by atoms with Crippen LogP contribution in [0.5, 0.6) is 0 Å². The van der Waals surface area contributed by atoms with Crippen LogP contribution in [0.1, 0.15) is 23.9 Å². The number of piperazine rings is 1. The predicted octanol–water partition coefficient (Wildman–Crippen LogP) is 2.23. The van der Waals surface area contributed by atoms with E-state index in [4.69, 9.17) is 0 Å². The van der Waals surface area contributed by atoms with E-state index >= 15 is 0 Å². The van der Waals surface area contributed by atoms with Gasteiger partial charge in [-0.05, 0) is 39.8 Å². The monoisotopic (exact) mass is 348 g/mol. The van der Waals surface area contributed by atoms with Crippen LogP contribution >= 0.6 is 0 Å². The number of nitrogens with one attached hydrogen (secondary N) is 1. The minimum atomic E-state index is -3.51. The third kappa shape index (κ3) is 2.93. The van der Waals surface area contributed by atoms with Gasteiger partial charge in [-0.25, -0.2) is 8.42 Å². The fourth-order valence-corrected chi connectivity index (χ4v) is 5.16. The minimum Gasteiger partial charge on any atom is -0.366 e. The van der Waals surface area contributed by atoms with E-state index in [9.17, 15) is 8.42 Å². The molecule has 1 atom stereocenters. The molecule has 24 heavy (non-hydrogen) atoms. The highest BCUT2D eigenvalue weighted by atomic mass is 32.2. The summed E-state index contributed by atoms with van der Waals surface area (Å²) in [5, 5.41) is 6.79. The van der Waals surface area contributed by atoms with Gasteiger partial charge in [0.1, 0.15) is 4.90 Å². The van der Waals surface area contributed by atoms with Crippen LogP contribution < -0.4 is 4.90 Å². The lowest BCUT2D eigenvalue weighted by molar-refractivity contribution is 0.342. The number of nitrogens with zero attached hydrogens (tertiary/aromatic N) is 3. The van der Waals surface area contributed by atoms with Crippen molar-refractivity contribution in [3.63, 3.8) is 0 Å². The molecule has 1 fully saturated rings. The number of aromatic amines is 1. The number of benzene rings is 1. The minimum absolute atomic E-state index is 0.115. The van der Waals surface area contributed by atoms with Crippen LogP contribution in [-0.2, 0) is 10.0 Å². The molecule has 1 N–H and O–H groups in total. The summed E-state index contributed by atoms with van der Waals surface area (Å²) < 4.78 is 27.5. The maximum Gasteiger partial charge on any atom is 0.246 e. The van der Waals surface area contributed by atoms with Gasteiger partial charge in [0.25, 0.3) is 0 Å². The first-order valence-corrected chi connectivity index (χ1v) is 9.59. The Morgan fingerprint density at radius 3 is 2.33 bits per heavy atom. The lowest BCUT2D eigenvalue weighted by atomic mass is 10.1. The van der Waals surface area contributed by atoms with Gasteiger partial charge in [0.2, 0.25) is 10.0 Å². The maximum absolute atomic E-state index is 13.0. The van der Waals surface area contributed by atoms with Crippen molar-refractivity contribution in [1.29, 1.82) is 0 Å². The number of anilines is 1. The second-order valence-corrected chi connectivity index (χ2v) is 8.38. The maximum atomic E-state index is 13.0. The van der Waals surface area contributed by atoms with Gasteiger partial charge in [0.05, 0.1) is 11.4 Å². The Morgan fingerprint density at radius 1 is 1.12 bits per heavy atom. The van der Waals surface area contributed by atoms with Gasteiger partial charge in [0.15, 0.2) is 0 Å². The fraction of sp³-hybridized carbons (Fsp3) is 0.471. The third-order valence-corrected chi connectivity index (χ3v) is 6.74. The average molecular weight is 348 g/mol. The number of hydrogen-bond donors (Lipinski definition) is 1. The fourth-order valence-electron chi connectivity index (χ4n) is 3.31. The van der Waals surface area contributed by atoms with Crippen molar-refractivity contribution in [2.24, 2.45) is 0 Å². The first kappa shape index (κ1) is 17.0. The van der Waals surface area contributed by atoms with Crippen molar-refractivity contribution < 1.29 is 8.42 Å². The molecule has 1 aromatic heterocycles. The standard InChI is InChI=1S/C17H24N4O2S/c1-12-5-7-16(8-6-12)21-10-9-20(11-13(21)2)24(22,23)17-14(3)18-19-15(17)4/h5-8,13H,9-11H2,1-4H3,(H,18,19). The zero-order valence-electron chi connectivity index (χ0n) is 14.6.